The van der Waals surface area contributed by atoms with E-state index in [1.54, 1.807) is 13.2 Å². The molecule has 152 valence electrons. The number of aryl methyl sites for hydroxylation is 2. The molecule has 2 aromatic carbocycles. The van der Waals surface area contributed by atoms with Gasteiger partial charge in [-0.15, -0.1) is 0 Å². The molecule has 0 spiro atoms. The summed E-state index contributed by atoms with van der Waals surface area (Å²) in [5.41, 5.74) is 3.08. The number of aliphatic carboxylic acids is 1. The van der Waals surface area contributed by atoms with Crippen molar-refractivity contribution in [3.05, 3.63) is 53.1 Å². The van der Waals surface area contributed by atoms with E-state index in [0.29, 0.717) is 31.1 Å². The summed E-state index contributed by atoms with van der Waals surface area (Å²) in [6.07, 6.45) is 0.457. The number of rotatable bonds is 9. The average Bonchev–Trinajstić information content (AvgIpc) is 2.63. The van der Waals surface area contributed by atoms with Gasteiger partial charge < -0.3 is 19.3 Å². The number of ether oxygens (including phenoxy) is 3. The molecular formula is C23H30O5. The lowest BCUT2D eigenvalue weighted by molar-refractivity contribution is -0.136. The Bertz CT molecular complexity index is 805. The van der Waals surface area contributed by atoms with Crippen molar-refractivity contribution in [2.24, 2.45) is 0 Å². The second-order valence-corrected chi connectivity index (χ2v) is 7.77. The van der Waals surface area contributed by atoms with Crippen LogP contribution in [0.5, 0.6) is 17.2 Å². The maximum absolute atomic E-state index is 10.9. The molecule has 0 aliphatic heterocycles. The molecule has 0 aliphatic rings. The number of hydrogen-bond acceptors (Lipinski definition) is 4. The third-order valence-electron chi connectivity index (χ3n) is 4.49. The van der Waals surface area contributed by atoms with Crippen LogP contribution in [0.2, 0.25) is 0 Å². The standard InChI is InChI=1S/C23H30O5/c1-16-7-6-8-19(23(2,3)4)22(16)28-14-13-27-20-15-18(26-5)11-9-17(20)10-12-21(24)25/h6-9,11,15H,10,12-14H2,1-5H3,(H,24,25). The zero-order valence-corrected chi connectivity index (χ0v) is 17.4. The monoisotopic (exact) mass is 386 g/mol. The first kappa shape index (κ1) is 21.6. The van der Waals surface area contributed by atoms with E-state index in [9.17, 15) is 4.79 Å². The molecule has 0 bridgehead atoms. The molecule has 2 rings (SSSR count). The summed E-state index contributed by atoms with van der Waals surface area (Å²) in [6, 6.07) is 11.6. The van der Waals surface area contributed by atoms with Crippen molar-refractivity contribution in [2.75, 3.05) is 20.3 Å². The van der Waals surface area contributed by atoms with Gasteiger partial charge >= 0.3 is 5.97 Å². The fourth-order valence-electron chi connectivity index (χ4n) is 2.97. The van der Waals surface area contributed by atoms with Gasteiger partial charge in [0.1, 0.15) is 30.5 Å². The van der Waals surface area contributed by atoms with Crippen LogP contribution in [0.1, 0.15) is 43.9 Å². The first-order valence-corrected chi connectivity index (χ1v) is 9.46. The number of hydrogen-bond donors (Lipinski definition) is 1. The Kier molecular flexibility index (Phi) is 7.32. The number of carboxylic acid groups (broad SMARTS) is 1. The van der Waals surface area contributed by atoms with Crippen molar-refractivity contribution >= 4 is 5.97 Å². The van der Waals surface area contributed by atoms with E-state index in [0.717, 1.165) is 22.4 Å². The summed E-state index contributed by atoms with van der Waals surface area (Å²) >= 11 is 0. The maximum Gasteiger partial charge on any atom is 0.303 e. The third kappa shape index (κ3) is 5.91. The Morgan fingerprint density at radius 1 is 1.07 bits per heavy atom. The first-order chi connectivity index (χ1) is 13.2. The normalized spacial score (nSPS) is 11.2. The summed E-state index contributed by atoms with van der Waals surface area (Å²) in [5, 5.41) is 8.94. The quantitative estimate of drug-likeness (QED) is 0.629. The summed E-state index contributed by atoms with van der Waals surface area (Å²) in [7, 11) is 1.59. The van der Waals surface area contributed by atoms with E-state index in [2.05, 4.69) is 26.8 Å². The van der Waals surface area contributed by atoms with Crippen molar-refractivity contribution in [1.29, 1.82) is 0 Å². The van der Waals surface area contributed by atoms with Gasteiger partial charge in [0.05, 0.1) is 7.11 Å². The topological polar surface area (TPSA) is 65.0 Å². The van der Waals surface area contributed by atoms with Crippen LogP contribution in [0.15, 0.2) is 36.4 Å². The lowest BCUT2D eigenvalue weighted by Crippen LogP contribution is -2.17. The highest BCUT2D eigenvalue weighted by atomic mass is 16.5. The Hall–Kier alpha value is -2.69. The fraction of sp³-hybridized carbons (Fsp3) is 0.435. The minimum absolute atomic E-state index is 0.0149. The maximum atomic E-state index is 10.9. The summed E-state index contributed by atoms with van der Waals surface area (Å²) in [6.45, 7) is 9.27. The fourth-order valence-corrected chi connectivity index (χ4v) is 2.97. The van der Waals surface area contributed by atoms with Gasteiger partial charge in [0.2, 0.25) is 0 Å². The summed E-state index contributed by atoms with van der Waals surface area (Å²) < 4.78 is 17.2. The van der Waals surface area contributed by atoms with Gasteiger partial charge in [0, 0.05) is 12.5 Å². The van der Waals surface area contributed by atoms with Crippen molar-refractivity contribution in [2.45, 2.75) is 46.0 Å². The highest BCUT2D eigenvalue weighted by Crippen LogP contribution is 2.34. The van der Waals surface area contributed by atoms with Gasteiger partial charge in [-0.2, -0.15) is 0 Å². The summed E-state index contributed by atoms with van der Waals surface area (Å²) in [5.74, 6) is 1.36. The van der Waals surface area contributed by atoms with Crippen LogP contribution in [-0.2, 0) is 16.6 Å². The molecule has 0 aromatic heterocycles. The molecule has 0 radical (unpaired) electrons. The second kappa shape index (κ2) is 9.49. The van der Waals surface area contributed by atoms with Gasteiger partial charge in [0.25, 0.3) is 0 Å². The predicted molar refractivity (Wildman–Crippen MR) is 110 cm³/mol. The SMILES string of the molecule is COc1ccc(CCC(=O)O)c(OCCOc2c(C)cccc2C(C)(C)C)c1. The third-order valence-corrected chi connectivity index (χ3v) is 4.49. The van der Waals surface area contributed by atoms with E-state index in [4.69, 9.17) is 19.3 Å². The lowest BCUT2D eigenvalue weighted by atomic mass is 9.85. The van der Waals surface area contributed by atoms with E-state index in [-0.39, 0.29) is 11.8 Å². The minimum Gasteiger partial charge on any atom is -0.497 e. The first-order valence-electron chi connectivity index (χ1n) is 9.46. The molecule has 0 saturated heterocycles. The van der Waals surface area contributed by atoms with Crippen LogP contribution in [0, 0.1) is 6.92 Å². The number of carboxylic acids is 1. The van der Waals surface area contributed by atoms with Crippen molar-refractivity contribution in [3.63, 3.8) is 0 Å². The molecule has 28 heavy (non-hydrogen) atoms. The van der Waals surface area contributed by atoms with Crippen LogP contribution in [0.25, 0.3) is 0 Å². The van der Waals surface area contributed by atoms with Crippen LogP contribution in [0.3, 0.4) is 0 Å². The van der Waals surface area contributed by atoms with E-state index in [1.807, 2.05) is 31.2 Å². The van der Waals surface area contributed by atoms with E-state index in [1.165, 1.54) is 0 Å². The van der Waals surface area contributed by atoms with E-state index >= 15 is 0 Å². The molecule has 0 atom stereocenters. The molecule has 0 saturated carbocycles. The Morgan fingerprint density at radius 2 is 1.79 bits per heavy atom. The van der Waals surface area contributed by atoms with Crippen LogP contribution in [-0.4, -0.2) is 31.4 Å². The van der Waals surface area contributed by atoms with Gasteiger partial charge in [0.15, 0.2) is 0 Å². The molecule has 5 heteroatoms. The largest absolute Gasteiger partial charge is 0.497 e. The second-order valence-electron chi connectivity index (χ2n) is 7.77. The Morgan fingerprint density at radius 3 is 2.43 bits per heavy atom. The number of methoxy groups -OCH3 is 1. The molecule has 0 amide bonds. The molecule has 0 heterocycles. The molecular weight excluding hydrogens is 356 g/mol. The number of para-hydroxylation sites is 1. The zero-order valence-electron chi connectivity index (χ0n) is 17.4. The van der Waals surface area contributed by atoms with Gasteiger partial charge in [-0.3, -0.25) is 4.79 Å². The number of benzene rings is 2. The predicted octanol–water partition coefficient (Wildman–Crippen LogP) is 4.78. The van der Waals surface area contributed by atoms with Crippen molar-refractivity contribution in [3.8, 4) is 17.2 Å². The highest BCUT2D eigenvalue weighted by Gasteiger charge is 2.20. The van der Waals surface area contributed by atoms with Crippen molar-refractivity contribution in [1.82, 2.24) is 0 Å². The Balaban J connectivity index is 2.05. The Labute approximate surface area is 167 Å². The minimum atomic E-state index is -0.834. The summed E-state index contributed by atoms with van der Waals surface area (Å²) in [4.78, 5) is 10.9. The zero-order chi connectivity index (χ0) is 20.7. The van der Waals surface area contributed by atoms with Crippen LogP contribution in [0.4, 0.5) is 0 Å². The number of carbonyl (C=O) groups is 1. The molecule has 1 N–H and O–H groups in total. The molecule has 2 aromatic rings. The van der Waals surface area contributed by atoms with E-state index < -0.39 is 5.97 Å². The van der Waals surface area contributed by atoms with Gasteiger partial charge in [-0.25, -0.2) is 0 Å². The smallest absolute Gasteiger partial charge is 0.303 e. The molecule has 0 unspecified atom stereocenters. The van der Waals surface area contributed by atoms with Crippen molar-refractivity contribution < 1.29 is 24.1 Å². The van der Waals surface area contributed by atoms with Gasteiger partial charge in [-0.05, 0) is 41.5 Å². The van der Waals surface area contributed by atoms with Gasteiger partial charge in [-0.1, -0.05) is 45.0 Å². The lowest BCUT2D eigenvalue weighted by Gasteiger charge is -2.24. The highest BCUT2D eigenvalue weighted by molar-refractivity contribution is 5.67. The molecule has 0 aliphatic carbocycles. The van der Waals surface area contributed by atoms with Crippen LogP contribution < -0.4 is 14.2 Å². The molecule has 5 nitrogen and oxygen atoms in total. The van der Waals surface area contributed by atoms with Crippen LogP contribution >= 0.6 is 0 Å². The molecule has 0 fully saturated rings. The average molecular weight is 386 g/mol.